The van der Waals surface area contributed by atoms with Crippen LogP contribution in [0.3, 0.4) is 0 Å². The van der Waals surface area contributed by atoms with Gasteiger partial charge in [0.1, 0.15) is 30.9 Å². The van der Waals surface area contributed by atoms with Crippen LogP contribution in [0.1, 0.15) is 16.8 Å². The Morgan fingerprint density at radius 1 is 0.892 bits per heavy atom. The number of rotatable bonds is 6. The number of aromatic nitrogens is 1. The van der Waals surface area contributed by atoms with Gasteiger partial charge in [-0.05, 0) is 29.3 Å². The summed E-state index contributed by atoms with van der Waals surface area (Å²) in [5.41, 5.74) is 0.341. The molecule has 0 saturated carbocycles. The van der Waals surface area contributed by atoms with Crippen molar-refractivity contribution in [2.45, 2.75) is 25.6 Å². The molecule has 1 N–H and O–H groups in total. The topological polar surface area (TPSA) is 84.0 Å². The smallest absolute Gasteiger partial charge is 0.433 e. The van der Waals surface area contributed by atoms with Crippen LogP contribution in [0.5, 0.6) is 0 Å². The maximum Gasteiger partial charge on any atom is 0.433 e. The molecule has 1 aromatic heterocycles. The van der Waals surface area contributed by atoms with Gasteiger partial charge in [-0.15, -0.1) is 0 Å². The van der Waals surface area contributed by atoms with Crippen molar-refractivity contribution >= 4 is 18.0 Å². The Balaban J connectivity index is 1.55. The number of anilines is 1. The molecule has 37 heavy (non-hydrogen) atoms. The van der Waals surface area contributed by atoms with Gasteiger partial charge in [0, 0.05) is 0 Å². The van der Waals surface area contributed by atoms with Crippen molar-refractivity contribution in [1.82, 2.24) is 15.3 Å². The monoisotopic (exact) mass is 512 g/mol. The summed E-state index contributed by atoms with van der Waals surface area (Å²) in [6, 6.07) is 21.2. The second kappa shape index (κ2) is 11.5. The molecular weight excluding hydrogens is 489 g/mol. The molecule has 8 nitrogen and oxygen atoms in total. The second-order valence-corrected chi connectivity index (χ2v) is 7.92. The van der Waals surface area contributed by atoms with E-state index in [0.717, 1.165) is 16.6 Å². The van der Waals surface area contributed by atoms with E-state index < -0.39 is 30.2 Å². The quantitative estimate of drug-likeness (QED) is 0.453. The Morgan fingerprint density at radius 2 is 1.51 bits per heavy atom. The van der Waals surface area contributed by atoms with E-state index in [2.05, 4.69) is 10.3 Å². The van der Waals surface area contributed by atoms with Crippen molar-refractivity contribution in [3.63, 3.8) is 0 Å². The molecule has 2 heterocycles. The molecule has 192 valence electrons. The molecule has 1 atom stereocenters. The number of nitrogens with one attached hydrogen (secondary N) is 1. The summed E-state index contributed by atoms with van der Waals surface area (Å²) in [5, 5.41) is 4.74. The highest BCUT2D eigenvalue weighted by Crippen LogP contribution is 2.30. The molecule has 0 saturated heterocycles. The maximum absolute atomic E-state index is 13.3. The van der Waals surface area contributed by atoms with E-state index >= 15 is 0 Å². The first-order valence-corrected chi connectivity index (χ1v) is 11.3. The molecule has 0 radical (unpaired) electrons. The van der Waals surface area contributed by atoms with Crippen LogP contribution in [0.25, 0.3) is 0 Å². The molecule has 2 amide bonds. The number of hydrogen-bond acceptors (Lipinski definition) is 6. The SMILES string of the molecule is O=C(NC1C=CCN(c2cccc(C(F)(F)F)n2)N1C(=O)OCc1ccccc1)OCc1ccccc1. The van der Waals surface area contributed by atoms with Gasteiger partial charge in [0.25, 0.3) is 0 Å². The Morgan fingerprint density at radius 3 is 2.14 bits per heavy atom. The summed E-state index contributed by atoms with van der Waals surface area (Å²) < 4.78 is 50.6. The fraction of sp³-hybridized carbons (Fsp3) is 0.192. The van der Waals surface area contributed by atoms with Gasteiger partial charge in [-0.2, -0.15) is 18.2 Å². The van der Waals surface area contributed by atoms with Gasteiger partial charge < -0.3 is 9.47 Å². The Hall–Kier alpha value is -4.54. The number of halogens is 3. The summed E-state index contributed by atoms with van der Waals surface area (Å²) >= 11 is 0. The number of hydrogen-bond donors (Lipinski definition) is 1. The summed E-state index contributed by atoms with van der Waals surface area (Å²) in [5.74, 6) is -0.153. The highest BCUT2D eigenvalue weighted by molar-refractivity contribution is 5.74. The standard InChI is InChI=1S/C26H23F3N4O4/c27-26(28,29)21-13-7-14-22(30-21)32-16-8-15-23(31-24(34)36-17-19-9-3-1-4-10-19)33(32)25(35)37-18-20-11-5-2-6-12-20/h1-15,23H,16-18H2,(H,31,34). The average molecular weight is 512 g/mol. The molecular formula is C26H23F3N4O4. The minimum atomic E-state index is -4.68. The Bertz CT molecular complexity index is 1240. The largest absolute Gasteiger partial charge is 0.445 e. The van der Waals surface area contributed by atoms with Crippen molar-refractivity contribution in [3.05, 3.63) is 108 Å². The number of hydrazine groups is 1. The highest BCUT2D eigenvalue weighted by atomic mass is 19.4. The second-order valence-electron chi connectivity index (χ2n) is 7.92. The van der Waals surface area contributed by atoms with E-state index in [0.29, 0.717) is 5.56 Å². The molecule has 0 fully saturated rings. The molecule has 0 bridgehead atoms. The van der Waals surface area contributed by atoms with Crippen LogP contribution in [0.4, 0.5) is 28.6 Å². The molecule has 4 rings (SSSR count). The highest BCUT2D eigenvalue weighted by Gasteiger charge is 2.37. The van der Waals surface area contributed by atoms with E-state index in [-0.39, 0.29) is 25.6 Å². The molecule has 1 aliphatic rings. The molecule has 2 aromatic carbocycles. The zero-order chi connectivity index (χ0) is 26.3. The van der Waals surface area contributed by atoms with Crippen LogP contribution < -0.4 is 10.3 Å². The van der Waals surface area contributed by atoms with E-state index in [1.165, 1.54) is 23.2 Å². The van der Waals surface area contributed by atoms with Gasteiger partial charge in [0.2, 0.25) is 0 Å². The van der Waals surface area contributed by atoms with Crippen molar-refractivity contribution in [1.29, 1.82) is 0 Å². The number of ether oxygens (including phenoxy) is 2. The lowest BCUT2D eigenvalue weighted by molar-refractivity contribution is -0.141. The van der Waals surface area contributed by atoms with Gasteiger partial charge in [-0.1, -0.05) is 72.8 Å². The lowest BCUT2D eigenvalue weighted by Crippen LogP contribution is -2.60. The lowest BCUT2D eigenvalue weighted by Gasteiger charge is -2.40. The number of alkyl carbamates (subject to hydrolysis) is 1. The third kappa shape index (κ3) is 6.78. The predicted molar refractivity (Wildman–Crippen MR) is 128 cm³/mol. The van der Waals surface area contributed by atoms with Crippen molar-refractivity contribution in [2.75, 3.05) is 11.6 Å². The normalized spacial score (nSPS) is 15.3. The molecule has 0 aliphatic carbocycles. The lowest BCUT2D eigenvalue weighted by atomic mass is 10.2. The summed E-state index contributed by atoms with van der Waals surface area (Å²) in [6.07, 6.45) is -4.43. The van der Waals surface area contributed by atoms with Crippen LogP contribution >= 0.6 is 0 Å². The number of benzene rings is 2. The van der Waals surface area contributed by atoms with E-state index in [1.54, 1.807) is 54.6 Å². The number of pyridine rings is 1. The first-order valence-electron chi connectivity index (χ1n) is 11.3. The zero-order valence-corrected chi connectivity index (χ0v) is 19.5. The molecule has 11 heteroatoms. The van der Waals surface area contributed by atoms with Crippen molar-refractivity contribution < 1.29 is 32.2 Å². The summed E-state index contributed by atoms with van der Waals surface area (Å²) in [6.45, 7) is -0.0959. The van der Waals surface area contributed by atoms with Crippen LogP contribution in [0.15, 0.2) is 91.0 Å². The maximum atomic E-state index is 13.3. The van der Waals surface area contributed by atoms with Gasteiger partial charge in [-0.25, -0.2) is 14.6 Å². The van der Waals surface area contributed by atoms with Crippen molar-refractivity contribution in [2.24, 2.45) is 0 Å². The Labute approximate surface area is 210 Å². The third-order valence-electron chi connectivity index (χ3n) is 5.28. The third-order valence-corrected chi connectivity index (χ3v) is 5.28. The predicted octanol–water partition coefficient (Wildman–Crippen LogP) is 5.28. The molecule has 1 unspecified atom stereocenters. The number of amides is 2. The average Bonchev–Trinajstić information content (AvgIpc) is 2.91. The van der Waals surface area contributed by atoms with E-state index in [4.69, 9.17) is 9.47 Å². The van der Waals surface area contributed by atoms with Crippen LogP contribution in [0.2, 0.25) is 0 Å². The zero-order valence-electron chi connectivity index (χ0n) is 19.5. The van der Waals surface area contributed by atoms with Gasteiger partial charge in [-0.3, -0.25) is 10.3 Å². The molecule has 1 aliphatic heterocycles. The van der Waals surface area contributed by atoms with Gasteiger partial charge in [0.05, 0.1) is 6.54 Å². The number of carbonyl (C=O) groups excluding carboxylic acids is 2. The molecule has 3 aromatic rings. The van der Waals surface area contributed by atoms with Crippen molar-refractivity contribution in [3.8, 4) is 0 Å². The fourth-order valence-corrected chi connectivity index (χ4v) is 3.53. The van der Waals surface area contributed by atoms with Crippen LogP contribution in [-0.2, 0) is 28.9 Å². The first kappa shape index (κ1) is 25.5. The van der Waals surface area contributed by atoms with E-state index in [9.17, 15) is 22.8 Å². The van der Waals surface area contributed by atoms with Crippen LogP contribution in [0, 0.1) is 0 Å². The number of nitrogens with zero attached hydrogens (tertiary/aromatic N) is 3. The number of alkyl halides is 3. The minimum Gasteiger partial charge on any atom is -0.445 e. The van der Waals surface area contributed by atoms with Gasteiger partial charge >= 0.3 is 18.4 Å². The summed E-state index contributed by atoms with van der Waals surface area (Å²) in [4.78, 5) is 29.4. The molecule has 0 spiro atoms. The minimum absolute atomic E-state index is 0.00594. The first-order chi connectivity index (χ1) is 17.8. The van der Waals surface area contributed by atoms with Gasteiger partial charge in [0.15, 0.2) is 0 Å². The fourth-order valence-electron chi connectivity index (χ4n) is 3.53. The summed E-state index contributed by atoms with van der Waals surface area (Å²) in [7, 11) is 0. The Kier molecular flexibility index (Phi) is 7.92. The van der Waals surface area contributed by atoms with Crippen LogP contribution in [-0.4, -0.2) is 34.9 Å². The van der Waals surface area contributed by atoms with E-state index in [1.807, 2.05) is 12.1 Å². The number of carbonyl (C=O) groups is 2.